The number of halogens is 3. The first-order valence-electron chi connectivity index (χ1n) is 8.88. The van der Waals surface area contributed by atoms with Crippen molar-refractivity contribution in [3.8, 4) is 5.75 Å². The van der Waals surface area contributed by atoms with Crippen LogP contribution in [0.15, 0.2) is 47.4 Å². The Hall–Kier alpha value is -2.59. The van der Waals surface area contributed by atoms with E-state index in [1.807, 2.05) is 0 Å². The summed E-state index contributed by atoms with van der Waals surface area (Å²) in [5, 5.41) is 2.64. The molecule has 0 spiro atoms. The number of amides is 1. The third-order valence-electron chi connectivity index (χ3n) is 3.82. The number of sulfonamides is 1. The van der Waals surface area contributed by atoms with Gasteiger partial charge in [-0.25, -0.2) is 26.3 Å². The van der Waals surface area contributed by atoms with E-state index in [4.69, 9.17) is 4.74 Å². The minimum absolute atomic E-state index is 0.102. The molecule has 0 aliphatic heterocycles. The van der Waals surface area contributed by atoms with Crippen LogP contribution in [0.4, 0.5) is 13.2 Å². The van der Waals surface area contributed by atoms with Crippen LogP contribution in [0.1, 0.15) is 19.3 Å². The summed E-state index contributed by atoms with van der Waals surface area (Å²) in [7, 11) is -4.03. The first-order valence-corrected chi connectivity index (χ1v) is 10.4. The fourth-order valence-corrected chi connectivity index (χ4v) is 3.33. The number of unbranched alkanes of at least 4 members (excludes halogenated alkanes) is 1. The topological polar surface area (TPSA) is 84.5 Å². The normalized spacial score (nSPS) is 11.3. The summed E-state index contributed by atoms with van der Waals surface area (Å²) in [6.07, 6.45) is 1.21. The second-order valence-corrected chi connectivity index (χ2v) is 7.85. The van der Waals surface area contributed by atoms with E-state index >= 15 is 0 Å². The highest BCUT2D eigenvalue weighted by Crippen LogP contribution is 2.13. The molecule has 158 valence electrons. The summed E-state index contributed by atoms with van der Waals surface area (Å²) < 4.78 is 70.3. The molecule has 0 aromatic heterocycles. The van der Waals surface area contributed by atoms with E-state index in [-0.39, 0.29) is 24.7 Å². The van der Waals surface area contributed by atoms with E-state index in [2.05, 4.69) is 10.0 Å². The van der Waals surface area contributed by atoms with Gasteiger partial charge < -0.3 is 10.1 Å². The maximum Gasteiger partial charge on any atom is 0.240 e. The largest absolute Gasteiger partial charge is 0.494 e. The lowest BCUT2D eigenvalue weighted by molar-refractivity contribution is -0.120. The molecule has 0 fully saturated rings. The van der Waals surface area contributed by atoms with Crippen LogP contribution in [0.25, 0.3) is 0 Å². The monoisotopic (exact) mass is 430 g/mol. The number of hydrogen-bond donors (Lipinski definition) is 2. The van der Waals surface area contributed by atoms with Gasteiger partial charge in [0.2, 0.25) is 15.9 Å². The van der Waals surface area contributed by atoms with E-state index in [0.29, 0.717) is 37.8 Å². The van der Waals surface area contributed by atoms with Crippen molar-refractivity contribution in [1.29, 1.82) is 0 Å². The van der Waals surface area contributed by atoms with Crippen LogP contribution in [0.5, 0.6) is 5.75 Å². The minimum Gasteiger partial charge on any atom is -0.494 e. The molecule has 0 atom stereocenters. The minimum atomic E-state index is -4.03. The maximum absolute atomic E-state index is 13.1. The predicted octanol–water partition coefficient (Wildman–Crippen LogP) is 2.75. The van der Waals surface area contributed by atoms with Gasteiger partial charge in [0.05, 0.1) is 11.5 Å². The second kappa shape index (κ2) is 10.8. The highest BCUT2D eigenvalue weighted by atomic mass is 32.2. The highest BCUT2D eigenvalue weighted by Gasteiger charge is 2.16. The molecular weight excluding hydrogens is 409 g/mol. The first-order chi connectivity index (χ1) is 13.8. The van der Waals surface area contributed by atoms with Gasteiger partial charge >= 0.3 is 0 Å². The van der Waals surface area contributed by atoms with Crippen molar-refractivity contribution in [1.82, 2.24) is 10.0 Å². The summed E-state index contributed by atoms with van der Waals surface area (Å²) in [5.41, 5.74) is 0. The lowest BCUT2D eigenvalue weighted by Crippen LogP contribution is -2.31. The Morgan fingerprint density at radius 3 is 2.34 bits per heavy atom. The molecule has 6 nitrogen and oxygen atoms in total. The van der Waals surface area contributed by atoms with Gasteiger partial charge in [-0.1, -0.05) is 0 Å². The van der Waals surface area contributed by atoms with Gasteiger partial charge in [-0.15, -0.1) is 0 Å². The van der Waals surface area contributed by atoms with E-state index in [9.17, 15) is 26.4 Å². The van der Waals surface area contributed by atoms with Crippen molar-refractivity contribution >= 4 is 15.9 Å². The number of ether oxygens (including phenoxy) is 1. The molecule has 29 heavy (non-hydrogen) atoms. The van der Waals surface area contributed by atoms with Gasteiger partial charge in [0.1, 0.15) is 11.6 Å². The molecule has 0 saturated heterocycles. The summed E-state index contributed by atoms with van der Waals surface area (Å²) in [6, 6.07) is 7.89. The van der Waals surface area contributed by atoms with Crippen molar-refractivity contribution in [2.75, 3.05) is 19.7 Å². The Kier molecular flexibility index (Phi) is 8.47. The van der Waals surface area contributed by atoms with E-state index < -0.39 is 26.6 Å². The zero-order valence-electron chi connectivity index (χ0n) is 15.5. The van der Waals surface area contributed by atoms with Crippen LogP contribution in [-0.4, -0.2) is 34.0 Å². The standard InChI is InChI=1S/C19H21F3N2O4S/c20-14-3-5-15(6-4-14)28-12-2-1-10-23-19(25)9-11-24-29(26,27)16-7-8-17(21)18(22)13-16/h3-8,13,24H,1-2,9-12H2,(H,23,25). The zero-order valence-corrected chi connectivity index (χ0v) is 16.3. The number of nitrogens with one attached hydrogen (secondary N) is 2. The molecule has 0 unspecified atom stereocenters. The molecule has 2 aromatic rings. The molecular formula is C19H21F3N2O4S. The van der Waals surface area contributed by atoms with Gasteiger partial charge in [-0.3, -0.25) is 4.79 Å². The molecule has 2 N–H and O–H groups in total. The van der Waals surface area contributed by atoms with E-state index in [1.165, 1.54) is 24.3 Å². The van der Waals surface area contributed by atoms with Crippen LogP contribution in [0, 0.1) is 17.5 Å². The Morgan fingerprint density at radius 1 is 0.931 bits per heavy atom. The van der Waals surface area contributed by atoms with Crippen molar-refractivity contribution in [3.05, 3.63) is 59.9 Å². The fourth-order valence-electron chi connectivity index (χ4n) is 2.29. The lowest BCUT2D eigenvalue weighted by Gasteiger charge is -2.09. The molecule has 2 rings (SSSR count). The predicted molar refractivity (Wildman–Crippen MR) is 100 cm³/mol. The van der Waals surface area contributed by atoms with Gasteiger partial charge in [0.25, 0.3) is 0 Å². The van der Waals surface area contributed by atoms with Gasteiger partial charge in [0.15, 0.2) is 11.6 Å². The third-order valence-corrected chi connectivity index (χ3v) is 5.28. The van der Waals surface area contributed by atoms with Crippen LogP contribution < -0.4 is 14.8 Å². The third kappa shape index (κ3) is 7.74. The number of rotatable bonds is 11. The summed E-state index contributed by atoms with van der Waals surface area (Å²) in [4.78, 5) is 11.3. The molecule has 1 amide bonds. The number of carbonyl (C=O) groups excluding carboxylic acids is 1. The molecule has 0 bridgehead atoms. The Labute approximate surface area is 167 Å². The van der Waals surface area contributed by atoms with E-state index in [1.54, 1.807) is 0 Å². The van der Waals surface area contributed by atoms with Crippen molar-refractivity contribution < 1.29 is 31.1 Å². The second-order valence-electron chi connectivity index (χ2n) is 6.08. The molecule has 2 aromatic carbocycles. The van der Waals surface area contributed by atoms with Crippen molar-refractivity contribution in [2.45, 2.75) is 24.2 Å². The number of carbonyl (C=O) groups is 1. The summed E-state index contributed by atoms with van der Waals surface area (Å²) in [5.74, 6) is -2.55. The number of benzene rings is 2. The van der Waals surface area contributed by atoms with Crippen molar-refractivity contribution in [3.63, 3.8) is 0 Å². The van der Waals surface area contributed by atoms with Gasteiger partial charge in [-0.05, 0) is 55.3 Å². The quantitative estimate of drug-likeness (QED) is 0.537. The molecule has 0 aliphatic carbocycles. The van der Waals surface area contributed by atoms with Crippen LogP contribution in [-0.2, 0) is 14.8 Å². The van der Waals surface area contributed by atoms with Gasteiger partial charge in [0, 0.05) is 19.5 Å². The smallest absolute Gasteiger partial charge is 0.240 e. The molecule has 0 saturated carbocycles. The van der Waals surface area contributed by atoms with E-state index in [0.717, 1.165) is 12.1 Å². The average molecular weight is 430 g/mol. The first kappa shape index (κ1) is 22.7. The van der Waals surface area contributed by atoms with Crippen LogP contribution in [0.3, 0.4) is 0 Å². The zero-order chi connectivity index (χ0) is 21.3. The average Bonchev–Trinajstić information content (AvgIpc) is 2.68. The number of hydrogen-bond acceptors (Lipinski definition) is 4. The molecule has 0 radical (unpaired) electrons. The molecule has 0 heterocycles. The molecule has 10 heteroatoms. The van der Waals surface area contributed by atoms with Gasteiger partial charge in [-0.2, -0.15) is 0 Å². The van der Waals surface area contributed by atoms with Crippen molar-refractivity contribution in [2.24, 2.45) is 0 Å². The Bertz CT molecular complexity index is 922. The SMILES string of the molecule is O=C(CCNS(=O)(=O)c1ccc(F)c(F)c1)NCCCCOc1ccc(F)cc1. The van der Waals surface area contributed by atoms with Crippen LogP contribution >= 0.6 is 0 Å². The summed E-state index contributed by atoms with van der Waals surface area (Å²) in [6.45, 7) is 0.623. The fraction of sp³-hybridized carbons (Fsp3) is 0.316. The molecule has 0 aliphatic rings. The Morgan fingerprint density at radius 2 is 1.66 bits per heavy atom. The maximum atomic E-state index is 13.1. The summed E-state index contributed by atoms with van der Waals surface area (Å²) >= 11 is 0. The Balaban J connectivity index is 1.59. The van der Waals surface area contributed by atoms with Crippen LogP contribution in [0.2, 0.25) is 0 Å². The highest BCUT2D eigenvalue weighted by molar-refractivity contribution is 7.89. The lowest BCUT2D eigenvalue weighted by atomic mass is 10.3.